The van der Waals surface area contributed by atoms with Crippen molar-refractivity contribution in [3.63, 3.8) is 0 Å². The molecule has 2 heterocycles. The number of nitrogens with two attached hydrogens (primary N) is 1. The SMILES string of the molecule is N#C/C(=C\c1c[nH]c2ccncc12)C(N)=O. The van der Waals surface area contributed by atoms with E-state index >= 15 is 0 Å². The van der Waals surface area contributed by atoms with Gasteiger partial charge in [-0.3, -0.25) is 9.78 Å². The summed E-state index contributed by atoms with van der Waals surface area (Å²) in [6, 6.07) is 3.57. The first kappa shape index (κ1) is 9.93. The minimum absolute atomic E-state index is 0.0789. The molecule has 5 nitrogen and oxygen atoms in total. The molecule has 0 aliphatic rings. The number of rotatable bonds is 2. The first-order chi connectivity index (χ1) is 7.72. The van der Waals surface area contributed by atoms with E-state index in [1.807, 2.05) is 6.07 Å². The van der Waals surface area contributed by atoms with Gasteiger partial charge in [-0.25, -0.2) is 0 Å². The van der Waals surface area contributed by atoms with Crippen LogP contribution >= 0.6 is 0 Å². The number of hydrogen-bond donors (Lipinski definition) is 2. The van der Waals surface area contributed by atoms with Gasteiger partial charge in [0.05, 0.1) is 0 Å². The van der Waals surface area contributed by atoms with E-state index < -0.39 is 5.91 Å². The third kappa shape index (κ3) is 1.64. The number of nitrogens with zero attached hydrogens (tertiary/aromatic N) is 2. The van der Waals surface area contributed by atoms with Gasteiger partial charge < -0.3 is 10.7 Å². The van der Waals surface area contributed by atoms with Gasteiger partial charge >= 0.3 is 0 Å². The van der Waals surface area contributed by atoms with Crippen molar-refractivity contribution in [1.82, 2.24) is 9.97 Å². The van der Waals surface area contributed by atoms with Crippen molar-refractivity contribution in [3.8, 4) is 6.07 Å². The van der Waals surface area contributed by atoms with Gasteiger partial charge in [0.25, 0.3) is 5.91 Å². The quantitative estimate of drug-likeness (QED) is 0.573. The maximum Gasteiger partial charge on any atom is 0.259 e. The molecule has 2 aromatic heterocycles. The number of hydrogen-bond acceptors (Lipinski definition) is 3. The maximum absolute atomic E-state index is 10.9. The van der Waals surface area contributed by atoms with Gasteiger partial charge in [0.2, 0.25) is 0 Å². The van der Waals surface area contributed by atoms with Gasteiger partial charge in [0.15, 0.2) is 0 Å². The second-order valence-electron chi connectivity index (χ2n) is 3.20. The lowest BCUT2D eigenvalue weighted by Crippen LogP contribution is -2.12. The van der Waals surface area contributed by atoms with E-state index in [9.17, 15) is 4.79 Å². The molecule has 2 aromatic rings. The molecule has 3 N–H and O–H groups in total. The average molecular weight is 212 g/mol. The number of primary amides is 1. The fourth-order valence-corrected chi connectivity index (χ4v) is 1.42. The standard InChI is InChI=1S/C11H8N4O/c12-4-7(11(13)16)3-8-5-15-10-1-2-14-6-9(8)10/h1-3,5-6,15H,(H2,13,16)/b7-3+. The van der Waals surface area contributed by atoms with Crippen LogP contribution in [0.1, 0.15) is 5.56 Å². The van der Waals surface area contributed by atoms with E-state index in [2.05, 4.69) is 9.97 Å². The first-order valence-electron chi connectivity index (χ1n) is 4.55. The van der Waals surface area contributed by atoms with E-state index in [0.717, 1.165) is 16.5 Å². The van der Waals surface area contributed by atoms with Crippen molar-refractivity contribution in [3.05, 3.63) is 35.8 Å². The van der Waals surface area contributed by atoms with Crippen LogP contribution < -0.4 is 5.73 Å². The molecule has 0 atom stereocenters. The molecule has 0 saturated heterocycles. The fraction of sp³-hybridized carbons (Fsp3) is 0. The zero-order valence-electron chi connectivity index (χ0n) is 8.27. The van der Waals surface area contributed by atoms with Gasteiger partial charge in [-0.2, -0.15) is 5.26 Å². The smallest absolute Gasteiger partial charge is 0.259 e. The second-order valence-corrected chi connectivity index (χ2v) is 3.20. The van der Waals surface area contributed by atoms with Crippen molar-refractivity contribution < 1.29 is 4.79 Å². The summed E-state index contributed by atoms with van der Waals surface area (Å²) < 4.78 is 0. The molecule has 0 aliphatic heterocycles. The molecule has 2 rings (SSSR count). The van der Waals surface area contributed by atoms with Crippen LogP contribution in [-0.4, -0.2) is 15.9 Å². The van der Waals surface area contributed by atoms with Crippen LogP contribution in [0.3, 0.4) is 0 Å². The number of nitriles is 1. The van der Waals surface area contributed by atoms with Crippen molar-refractivity contribution in [2.24, 2.45) is 5.73 Å². The van der Waals surface area contributed by atoms with Crippen LogP contribution in [0.5, 0.6) is 0 Å². The number of fused-ring (bicyclic) bond motifs is 1. The molecular formula is C11H8N4O. The zero-order valence-corrected chi connectivity index (χ0v) is 8.27. The Morgan fingerprint density at radius 3 is 3.12 bits per heavy atom. The summed E-state index contributed by atoms with van der Waals surface area (Å²) in [5.74, 6) is -0.735. The Morgan fingerprint density at radius 2 is 2.44 bits per heavy atom. The molecule has 0 saturated carbocycles. The Balaban J connectivity index is 2.57. The largest absolute Gasteiger partial charge is 0.365 e. The number of carbonyl (C=O) groups is 1. The Morgan fingerprint density at radius 1 is 1.62 bits per heavy atom. The summed E-state index contributed by atoms with van der Waals surface area (Å²) in [4.78, 5) is 17.9. The number of H-pyrrole nitrogens is 1. The van der Waals surface area contributed by atoms with Gasteiger partial charge in [0, 0.05) is 35.1 Å². The van der Waals surface area contributed by atoms with Crippen LogP contribution in [0.4, 0.5) is 0 Å². The van der Waals surface area contributed by atoms with Crippen LogP contribution in [0, 0.1) is 11.3 Å². The van der Waals surface area contributed by atoms with Gasteiger partial charge in [-0.15, -0.1) is 0 Å². The Kier molecular flexibility index (Phi) is 2.40. The molecule has 78 valence electrons. The Bertz CT molecular complexity index is 618. The van der Waals surface area contributed by atoms with E-state index in [1.165, 1.54) is 6.08 Å². The highest BCUT2D eigenvalue weighted by Crippen LogP contribution is 2.18. The molecule has 0 spiro atoms. The maximum atomic E-state index is 10.9. The third-order valence-corrected chi connectivity index (χ3v) is 2.20. The average Bonchev–Trinajstić information content (AvgIpc) is 2.69. The molecule has 1 amide bonds. The van der Waals surface area contributed by atoms with E-state index in [-0.39, 0.29) is 5.57 Å². The van der Waals surface area contributed by atoms with Gasteiger partial charge in [-0.1, -0.05) is 0 Å². The zero-order chi connectivity index (χ0) is 11.5. The lowest BCUT2D eigenvalue weighted by atomic mass is 10.1. The topological polar surface area (TPSA) is 95.6 Å². The molecule has 0 radical (unpaired) electrons. The van der Waals surface area contributed by atoms with Gasteiger partial charge in [0.1, 0.15) is 11.6 Å². The molecule has 16 heavy (non-hydrogen) atoms. The van der Waals surface area contributed by atoms with Crippen molar-refractivity contribution in [2.45, 2.75) is 0 Å². The predicted octanol–water partition coefficient (Wildman–Crippen LogP) is 0.955. The Hall–Kier alpha value is -2.61. The number of aromatic amines is 1. The number of aromatic nitrogens is 2. The minimum Gasteiger partial charge on any atom is -0.365 e. The minimum atomic E-state index is -0.735. The van der Waals surface area contributed by atoms with E-state index in [4.69, 9.17) is 11.0 Å². The van der Waals surface area contributed by atoms with Crippen molar-refractivity contribution >= 4 is 22.9 Å². The van der Waals surface area contributed by atoms with Crippen LogP contribution in [0.25, 0.3) is 17.0 Å². The predicted molar refractivity (Wildman–Crippen MR) is 58.9 cm³/mol. The summed E-state index contributed by atoms with van der Waals surface area (Å²) in [5, 5.41) is 9.57. The summed E-state index contributed by atoms with van der Waals surface area (Å²) in [6.07, 6.45) is 6.47. The van der Waals surface area contributed by atoms with Crippen LogP contribution in [0.15, 0.2) is 30.2 Å². The van der Waals surface area contributed by atoms with Gasteiger partial charge in [-0.05, 0) is 12.1 Å². The highest BCUT2D eigenvalue weighted by atomic mass is 16.1. The third-order valence-electron chi connectivity index (χ3n) is 2.20. The number of amides is 1. The molecule has 0 fully saturated rings. The summed E-state index contributed by atoms with van der Waals surface area (Å²) >= 11 is 0. The number of pyridine rings is 1. The summed E-state index contributed by atoms with van der Waals surface area (Å²) in [7, 11) is 0. The second kappa shape index (κ2) is 3.87. The van der Waals surface area contributed by atoms with Crippen molar-refractivity contribution in [2.75, 3.05) is 0 Å². The molecule has 0 aromatic carbocycles. The fourth-order valence-electron chi connectivity index (χ4n) is 1.42. The molecular weight excluding hydrogens is 204 g/mol. The van der Waals surface area contributed by atoms with E-state index in [0.29, 0.717) is 0 Å². The molecule has 5 heteroatoms. The molecule has 0 bridgehead atoms. The highest BCUT2D eigenvalue weighted by Gasteiger charge is 2.06. The first-order valence-corrected chi connectivity index (χ1v) is 4.55. The van der Waals surface area contributed by atoms with Crippen molar-refractivity contribution in [1.29, 1.82) is 5.26 Å². The Labute approximate surface area is 91.2 Å². The monoisotopic (exact) mass is 212 g/mol. The normalized spacial score (nSPS) is 11.3. The molecule has 0 unspecified atom stereocenters. The summed E-state index contributed by atoms with van der Waals surface area (Å²) in [6.45, 7) is 0. The van der Waals surface area contributed by atoms with Crippen LogP contribution in [-0.2, 0) is 4.79 Å². The van der Waals surface area contributed by atoms with Crippen LogP contribution in [0.2, 0.25) is 0 Å². The lowest BCUT2D eigenvalue weighted by molar-refractivity contribution is -0.114. The molecule has 0 aliphatic carbocycles. The number of nitrogens with one attached hydrogen (secondary N) is 1. The highest BCUT2D eigenvalue weighted by molar-refractivity contribution is 6.02. The van der Waals surface area contributed by atoms with E-state index in [1.54, 1.807) is 24.7 Å². The number of carbonyl (C=O) groups excluding carboxylic acids is 1. The summed E-state index contributed by atoms with van der Waals surface area (Å²) in [5.41, 5.74) is 6.59. The lowest BCUT2D eigenvalue weighted by Gasteiger charge is -1.92.